The molecule has 98 valence electrons. The summed E-state index contributed by atoms with van der Waals surface area (Å²) >= 11 is 0. The quantitative estimate of drug-likeness (QED) is 0.409. The standard InChI is InChI=1S/C11H19NO5/c1-7(16-9(3)13)11(17-10(4)14)6-12-8(2)15-5/h7,11H,6H2,1-5H3. The van der Waals surface area contributed by atoms with E-state index in [0.717, 1.165) is 0 Å². The molecule has 0 saturated carbocycles. The fraction of sp³-hybridized carbons (Fsp3) is 0.727. The van der Waals surface area contributed by atoms with Gasteiger partial charge in [-0.15, -0.1) is 0 Å². The zero-order valence-corrected chi connectivity index (χ0v) is 10.9. The fourth-order valence-electron chi connectivity index (χ4n) is 1.12. The van der Waals surface area contributed by atoms with E-state index in [1.54, 1.807) is 13.8 Å². The van der Waals surface area contributed by atoms with Gasteiger partial charge in [0, 0.05) is 20.8 Å². The summed E-state index contributed by atoms with van der Waals surface area (Å²) in [6.07, 6.45) is -1.16. The summed E-state index contributed by atoms with van der Waals surface area (Å²) in [5.41, 5.74) is 0. The number of methoxy groups -OCH3 is 1. The van der Waals surface area contributed by atoms with E-state index in [0.29, 0.717) is 5.90 Å². The Kier molecular flexibility index (Phi) is 6.93. The number of rotatable bonds is 5. The maximum absolute atomic E-state index is 10.9. The Balaban J connectivity index is 4.52. The van der Waals surface area contributed by atoms with Crippen LogP contribution in [0, 0.1) is 0 Å². The lowest BCUT2D eigenvalue weighted by Gasteiger charge is -2.21. The smallest absolute Gasteiger partial charge is 0.303 e. The van der Waals surface area contributed by atoms with Gasteiger partial charge in [-0.05, 0) is 6.92 Å². The van der Waals surface area contributed by atoms with Crippen molar-refractivity contribution in [3.8, 4) is 0 Å². The number of ether oxygens (including phenoxy) is 3. The zero-order chi connectivity index (χ0) is 13.4. The van der Waals surface area contributed by atoms with Crippen molar-refractivity contribution in [3.63, 3.8) is 0 Å². The summed E-state index contributed by atoms with van der Waals surface area (Å²) in [6.45, 7) is 6.10. The molecule has 0 spiro atoms. The highest BCUT2D eigenvalue weighted by Crippen LogP contribution is 2.06. The highest BCUT2D eigenvalue weighted by molar-refractivity contribution is 5.73. The van der Waals surface area contributed by atoms with Gasteiger partial charge in [0.25, 0.3) is 0 Å². The molecule has 0 aromatic rings. The van der Waals surface area contributed by atoms with Gasteiger partial charge in [-0.3, -0.25) is 14.6 Å². The molecule has 0 N–H and O–H groups in total. The second-order valence-electron chi connectivity index (χ2n) is 3.53. The van der Waals surface area contributed by atoms with Gasteiger partial charge >= 0.3 is 11.9 Å². The first-order valence-corrected chi connectivity index (χ1v) is 5.26. The van der Waals surface area contributed by atoms with E-state index in [1.165, 1.54) is 21.0 Å². The average molecular weight is 245 g/mol. The molecule has 0 rings (SSSR count). The maximum atomic E-state index is 10.9. The van der Waals surface area contributed by atoms with Crippen molar-refractivity contribution in [1.82, 2.24) is 0 Å². The Morgan fingerprint density at radius 1 is 1.12 bits per heavy atom. The molecule has 6 nitrogen and oxygen atoms in total. The first kappa shape index (κ1) is 15.4. The first-order valence-electron chi connectivity index (χ1n) is 5.26. The lowest BCUT2D eigenvalue weighted by Crippen LogP contribution is -2.34. The maximum Gasteiger partial charge on any atom is 0.303 e. The SMILES string of the molecule is COC(C)=NCC(OC(C)=O)C(C)OC(C)=O. The van der Waals surface area contributed by atoms with Gasteiger partial charge in [0.15, 0.2) is 12.0 Å². The molecule has 0 aliphatic rings. The summed E-state index contributed by atoms with van der Waals surface area (Å²) in [7, 11) is 1.50. The van der Waals surface area contributed by atoms with Crippen LogP contribution in [0.3, 0.4) is 0 Å². The Morgan fingerprint density at radius 3 is 2.06 bits per heavy atom. The number of aliphatic imine (C=N–C) groups is 1. The van der Waals surface area contributed by atoms with Crippen molar-refractivity contribution >= 4 is 17.8 Å². The van der Waals surface area contributed by atoms with Crippen LogP contribution in [0.1, 0.15) is 27.7 Å². The van der Waals surface area contributed by atoms with Gasteiger partial charge in [0.05, 0.1) is 13.7 Å². The van der Waals surface area contributed by atoms with Crippen LogP contribution in [0.4, 0.5) is 0 Å². The van der Waals surface area contributed by atoms with Gasteiger partial charge in [-0.25, -0.2) is 0 Å². The highest BCUT2D eigenvalue weighted by Gasteiger charge is 2.22. The van der Waals surface area contributed by atoms with Crippen molar-refractivity contribution in [3.05, 3.63) is 0 Å². The van der Waals surface area contributed by atoms with Crippen LogP contribution in [0.5, 0.6) is 0 Å². The van der Waals surface area contributed by atoms with E-state index >= 15 is 0 Å². The van der Waals surface area contributed by atoms with Gasteiger partial charge in [0.2, 0.25) is 0 Å². The third-order valence-corrected chi connectivity index (χ3v) is 1.98. The monoisotopic (exact) mass is 245 g/mol. The van der Waals surface area contributed by atoms with Crippen LogP contribution < -0.4 is 0 Å². The third kappa shape index (κ3) is 7.32. The third-order valence-electron chi connectivity index (χ3n) is 1.98. The number of nitrogens with zero attached hydrogens (tertiary/aromatic N) is 1. The van der Waals surface area contributed by atoms with E-state index in [2.05, 4.69) is 4.99 Å². The Labute approximate surface area is 101 Å². The summed E-state index contributed by atoms with van der Waals surface area (Å²) in [5.74, 6) is -0.404. The van der Waals surface area contributed by atoms with Crippen molar-refractivity contribution in [2.24, 2.45) is 4.99 Å². The van der Waals surface area contributed by atoms with Crippen molar-refractivity contribution in [1.29, 1.82) is 0 Å². The van der Waals surface area contributed by atoms with E-state index in [9.17, 15) is 9.59 Å². The van der Waals surface area contributed by atoms with Crippen LogP contribution in [0.2, 0.25) is 0 Å². The predicted octanol–water partition coefficient (Wildman–Crippen LogP) is 0.935. The minimum Gasteiger partial charge on any atom is -0.484 e. The minimum atomic E-state index is -0.610. The van der Waals surface area contributed by atoms with Gasteiger partial charge in [-0.1, -0.05) is 0 Å². The lowest BCUT2D eigenvalue weighted by atomic mass is 10.2. The summed E-state index contributed by atoms with van der Waals surface area (Å²) in [4.78, 5) is 25.8. The molecule has 0 aliphatic heterocycles. The second kappa shape index (κ2) is 7.65. The molecule has 0 heterocycles. The molecule has 0 aliphatic carbocycles. The number of carbonyl (C=O) groups excluding carboxylic acids is 2. The summed E-state index contributed by atoms with van der Waals surface area (Å²) in [5, 5.41) is 0. The van der Waals surface area contributed by atoms with Gasteiger partial charge in [0.1, 0.15) is 6.10 Å². The molecule has 2 atom stereocenters. The van der Waals surface area contributed by atoms with Gasteiger partial charge in [-0.2, -0.15) is 0 Å². The van der Waals surface area contributed by atoms with Crippen LogP contribution in [-0.2, 0) is 23.8 Å². The minimum absolute atomic E-state index is 0.188. The van der Waals surface area contributed by atoms with Gasteiger partial charge < -0.3 is 14.2 Å². The highest BCUT2D eigenvalue weighted by atomic mass is 16.6. The van der Waals surface area contributed by atoms with E-state index in [4.69, 9.17) is 14.2 Å². The molecule has 0 aromatic heterocycles. The van der Waals surface area contributed by atoms with Crippen LogP contribution in [-0.4, -0.2) is 43.7 Å². The predicted molar refractivity (Wildman–Crippen MR) is 61.8 cm³/mol. The molecular weight excluding hydrogens is 226 g/mol. The molecule has 17 heavy (non-hydrogen) atoms. The first-order chi connectivity index (χ1) is 7.86. The fourth-order valence-corrected chi connectivity index (χ4v) is 1.12. The van der Waals surface area contributed by atoms with Crippen molar-refractivity contribution < 1.29 is 23.8 Å². The topological polar surface area (TPSA) is 74.2 Å². The van der Waals surface area contributed by atoms with Crippen LogP contribution >= 0.6 is 0 Å². The molecule has 2 unspecified atom stereocenters. The molecule has 0 amide bonds. The molecule has 0 bridgehead atoms. The normalized spacial score (nSPS) is 14.8. The molecule has 0 radical (unpaired) electrons. The van der Waals surface area contributed by atoms with Crippen LogP contribution in [0.25, 0.3) is 0 Å². The molecule has 0 fully saturated rings. The second-order valence-corrected chi connectivity index (χ2v) is 3.53. The summed E-state index contributed by atoms with van der Waals surface area (Å²) < 4.78 is 14.9. The van der Waals surface area contributed by atoms with Crippen molar-refractivity contribution in [2.75, 3.05) is 13.7 Å². The molecule has 0 saturated heterocycles. The molecule has 0 aromatic carbocycles. The number of carbonyl (C=O) groups is 2. The molecular formula is C11H19NO5. The van der Waals surface area contributed by atoms with Crippen LogP contribution in [0.15, 0.2) is 4.99 Å². The molecule has 6 heteroatoms. The summed E-state index contributed by atoms with van der Waals surface area (Å²) in [6, 6.07) is 0. The Bertz CT molecular complexity index is 300. The zero-order valence-electron chi connectivity index (χ0n) is 10.9. The number of esters is 2. The van der Waals surface area contributed by atoms with E-state index in [1.807, 2.05) is 0 Å². The Morgan fingerprint density at radius 2 is 1.65 bits per heavy atom. The Hall–Kier alpha value is -1.59. The number of hydrogen-bond acceptors (Lipinski definition) is 6. The van der Waals surface area contributed by atoms with E-state index < -0.39 is 24.1 Å². The average Bonchev–Trinajstić information content (AvgIpc) is 2.21. The lowest BCUT2D eigenvalue weighted by molar-refractivity contribution is -0.163. The largest absolute Gasteiger partial charge is 0.484 e. The van der Waals surface area contributed by atoms with E-state index in [-0.39, 0.29) is 6.54 Å². The number of hydrogen-bond donors (Lipinski definition) is 0. The van der Waals surface area contributed by atoms with Crippen molar-refractivity contribution in [2.45, 2.75) is 39.9 Å².